The van der Waals surface area contributed by atoms with E-state index >= 15 is 0 Å². The normalized spacial score (nSPS) is 11.0. The molecule has 0 saturated heterocycles. The Morgan fingerprint density at radius 2 is 1.35 bits per heavy atom. The van der Waals surface area contributed by atoms with Gasteiger partial charge in [-0.1, -0.05) is 32.9 Å². The van der Waals surface area contributed by atoms with Gasteiger partial charge in [-0.25, -0.2) is 0 Å². The van der Waals surface area contributed by atoms with Crippen molar-refractivity contribution in [1.29, 1.82) is 0 Å². The number of nitrogens with zero attached hydrogens (tertiary/aromatic N) is 1. The summed E-state index contributed by atoms with van der Waals surface area (Å²) in [4.78, 5) is 29.6. The molecule has 2 N–H and O–H groups in total. The summed E-state index contributed by atoms with van der Waals surface area (Å²) >= 11 is 0. The summed E-state index contributed by atoms with van der Waals surface area (Å²) in [6.45, 7) is 10.8. The van der Waals surface area contributed by atoms with Gasteiger partial charge in [-0.05, 0) is 49.1 Å². The predicted octanol–water partition coefficient (Wildman–Crippen LogP) is 5.68. The van der Waals surface area contributed by atoms with Crippen LogP contribution in [0.25, 0.3) is 0 Å². The average molecular weight is 462 g/mol. The molecule has 0 unspecified atom stereocenters. The smallest absolute Gasteiger partial charge is 0.257 e. The Bertz CT molecular complexity index is 1140. The van der Waals surface area contributed by atoms with Crippen molar-refractivity contribution in [2.75, 3.05) is 23.8 Å². The lowest BCUT2D eigenvalue weighted by atomic mass is 9.87. The second-order valence-corrected chi connectivity index (χ2v) is 8.69. The third kappa shape index (κ3) is 6.13. The van der Waals surface area contributed by atoms with Gasteiger partial charge in [-0.2, -0.15) is 0 Å². The van der Waals surface area contributed by atoms with Crippen LogP contribution in [0.3, 0.4) is 0 Å². The van der Waals surface area contributed by atoms with E-state index in [-0.39, 0.29) is 17.2 Å². The zero-order valence-corrected chi connectivity index (χ0v) is 20.3. The number of carbonyl (C=O) groups excluding carboxylic acids is 2. The fourth-order valence-electron chi connectivity index (χ4n) is 3.31. The van der Waals surface area contributed by atoms with Crippen LogP contribution in [0.1, 0.15) is 60.9 Å². The Kier molecular flexibility index (Phi) is 7.89. The van der Waals surface area contributed by atoms with Gasteiger partial charge < -0.3 is 20.1 Å². The maximum Gasteiger partial charge on any atom is 0.257 e. The molecule has 2 aromatic carbocycles. The Hall–Kier alpha value is -3.87. The van der Waals surface area contributed by atoms with E-state index in [1.807, 2.05) is 38.1 Å². The molecule has 0 radical (unpaired) electrons. The molecule has 178 valence electrons. The number of benzene rings is 2. The summed E-state index contributed by atoms with van der Waals surface area (Å²) in [6.07, 6.45) is 3.09. The van der Waals surface area contributed by atoms with Crippen LogP contribution < -0.4 is 20.1 Å². The van der Waals surface area contributed by atoms with Gasteiger partial charge in [0, 0.05) is 30.1 Å². The van der Waals surface area contributed by atoms with Gasteiger partial charge >= 0.3 is 0 Å². The summed E-state index contributed by atoms with van der Waals surface area (Å²) in [5.41, 5.74) is 2.98. The lowest BCUT2D eigenvalue weighted by molar-refractivity contribution is 0.101. The second-order valence-electron chi connectivity index (χ2n) is 8.69. The third-order valence-corrected chi connectivity index (χ3v) is 5.11. The first-order valence-electron chi connectivity index (χ1n) is 11.3. The Morgan fingerprint density at radius 3 is 1.79 bits per heavy atom. The minimum absolute atomic E-state index is 0.000385. The number of aromatic nitrogens is 1. The highest BCUT2D eigenvalue weighted by Gasteiger charge is 2.19. The molecule has 7 heteroatoms. The Labute approximate surface area is 200 Å². The van der Waals surface area contributed by atoms with E-state index in [1.54, 1.807) is 30.5 Å². The monoisotopic (exact) mass is 461 g/mol. The number of pyridine rings is 1. The SMILES string of the molecule is CCOc1cc(NC(=O)c2cccnc2)c(OCC)cc1NC(=O)c1ccc(C(C)(C)C)cc1. The number of amides is 2. The highest BCUT2D eigenvalue weighted by Crippen LogP contribution is 2.37. The van der Waals surface area contributed by atoms with Gasteiger partial charge in [-0.3, -0.25) is 14.6 Å². The number of ether oxygens (including phenoxy) is 2. The van der Waals surface area contributed by atoms with E-state index in [9.17, 15) is 9.59 Å². The molecule has 1 heterocycles. The van der Waals surface area contributed by atoms with Crippen LogP contribution in [0.5, 0.6) is 11.5 Å². The lowest BCUT2D eigenvalue weighted by Crippen LogP contribution is -2.16. The van der Waals surface area contributed by atoms with Crippen LogP contribution in [0.2, 0.25) is 0 Å². The number of hydrogen-bond donors (Lipinski definition) is 2. The highest BCUT2D eigenvalue weighted by molar-refractivity contribution is 6.07. The van der Waals surface area contributed by atoms with E-state index in [0.29, 0.717) is 47.2 Å². The van der Waals surface area contributed by atoms with E-state index in [0.717, 1.165) is 5.56 Å². The van der Waals surface area contributed by atoms with Crippen molar-refractivity contribution in [3.8, 4) is 11.5 Å². The quantitative estimate of drug-likeness (QED) is 0.450. The molecule has 0 saturated carbocycles. The maximum absolute atomic E-state index is 13.0. The molecule has 7 nitrogen and oxygen atoms in total. The molecule has 1 aromatic heterocycles. The molecule has 0 aliphatic heterocycles. The fourth-order valence-corrected chi connectivity index (χ4v) is 3.31. The summed E-state index contributed by atoms with van der Waals surface area (Å²) in [5.74, 6) is 0.247. The summed E-state index contributed by atoms with van der Waals surface area (Å²) in [5, 5.41) is 5.76. The summed E-state index contributed by atoms with van der Waals surface area (Å²) < 4.78 is 11.5. The van der Waals surface area contributed by atoms with Gasteiger partial charge in [0.25, 0.3) is 11.8 Å². The zero-order valence-electron chi connectivity index (χ0n) is 20.3. The minimum Gasteiger partial charge on any atom is -0.492 e. The molecule has 0 atom stereocenters. The molecule has 3 aromatic rings. The van der Waals surface area contributed by atoms with Crippen molar-refractivity contribution in [1.82, 2.24) is 4.98 Å². The van der Waals surface area contributed by atoms with Crippen LogP contribution in [0, 0.1) is 0 Å². The molecule has 34 heavy (non-hydrogen) atoms. The summed E-state index contributed by atoms with van der Waals surface area (Å²) in [6, 6.07) is 14.2. The first-order valence-corrected chi connectivity index (χ1v) is 11.3. The topological polar surface area (TPSA) is 89.6 Å². The van der Waals surface area contributed by atoms with Crippen molar-refractivity contribution in [3.63, 3.8) is 0 Å². The van der Waals surface area contributed by atoms with Crippen molar-refractivity contribution in [2.45, 2.75) is 40.0 Å². The number of anilines is 2. The van der Waals surface area contributed by atoms with Gasteiger partial charge in [-0.15, -0.1) is 0 Å². The van der Waals surface area contributed by atoms with Crippen molar-refractivity contribution >= 4 is 23.2 Å². The molecule has 0 fully saturated rings. The lowest BCUT2D eigenvalue weighted by Gasteiger charge is -2.19. The van der Waals surface area contributed by atoms with Crippen molar-refractivity contribution < 1.29 is 19.1 Å². The molecule has 0 spiro atoms. The van der Waals surface area contributed by atoms with Gasteiger partial charge in [0.05, 0.1) is 30.2 Å². The fraction of sp³-hybridized carbons (Fsp3) is 0.296. The molecule has 0 aliphatic carbocycles. The summed E-state index contributed by atoms with van der Waals surface area (Å²) in [7, 11) is 0. The first kappa shape index (κ1) is 24.8. The molecule has 0 aliphatic rings. The van der Waals surface area contributed by atoms with Crippen LogP contribution in [-0.2, 0) is 5.41 Å². The Balaban J connectivity index is 1.89. The Morgan fingerprint density at radius 1 is 0.824 bits per heavy atom. The highest BCUT2D eigenvalue weighted by atomic mass is 16.5. The average Bonchev–Trinajstić information content (AvgIpc) is 2.82. The molecule has 2 amide bonds. The minimum atomic E-state index is -0.327. The van der Waals surface area contributed by atoms with Crippen molar-refractivity contribution in [2.24, 2.45) is 0 Å². The van der Waals surface area contributed by atoms with E-state index in [1.165, 1.54) is 6.20 Å². The first-order chi connectivity index (χ1) is 16.2. The zero-order chi connectivity index (χ0) is 24.7. The van der Waals surface area contributed by atoms with Crippen molar-refractivity contribution in [3.05, 3.63) is 77.6 Å². The van der Waals surface area contributed by atoms with E-state index in [4.69, 9.17) is 9.47 Å². The number of rotatable bonds is 8. The number of nitrogens with one attached hydrogen (secondary N) is 2. The molecule has 0 bridgehead atoms. The van der Waals surface area contributed by atoms with Crippen LogP contribution in [-0.4, -0.2) is 30.0 Å². The molecule has 3 rings (SSSR count). The second kappa shape index (κ2) is 10.8. The van der Waals surface area contributed by atoms with E-state index < -0.39 is 0 Å². The predicted molar refractivity (Wildman–Crippen MR) is 134 cm³/mol. The van der Waals surface area contributed by atoms with E-state index in [2.05, 4.69) is 36.4 Å². The maximum atomic E-state index is 13.0. The standard InChI is InChI=1S/C27H31N3O4/c1-6-33-23-16-22(30-26(32)19-9-8-14-28-17-19)24(34-7-2)15-21(23)29-25(31)18-10-12-20(13-11-18)27(3,4)5/h8-17H,6-7H2,1-5H3,(H,29,31)(H,30,32). The molecular weight excluding hydrogens is 430 g/mol. The van der Waals surface area contributed by atoms with Gasteiger partial charge in [0.2, 0.25) is 0 Å². The third-order valence-electron chi connectivity index (χ3n) is 5.11. The largest absolute Gasteiger partial charge is 0.492 e. The van der Waals surface area contributed by atoms with Crippen LogP contribution in [0.4, 0.5) is 11.4 Å². The van der Waals surface area contributed by atoms with Crippen LogP contribution >= 0.6 is 0 Å². The van der Waals surface area contributed by atoms with Crippen LogP contribution in [0.15, 0.2) is 60.9 Å². The number of hydrogen-bond acceptors (Lipinski definition) is 5. The van der Waals surface area contributed by atoms with Gasteiger partial charge in [0.1, 0.15) is 11.5 Å². The number of carbonyl (C=O) groups is 2. The van der Waals surface area contributed by atoms with Gasteiger partial charge in [0.15, 0.2) is 0 Å². The molecular formula is C27H31N3O4.